The van der Waals surface area contributed by atoms with E-state index < -0.39 is 10.0 Å². The maximum Gasteiger partial charge on any atom is 0.243 e. The van der Waals surface area contributed by atoms with Crippen molar-refractivity contribution in [3.8, 4) is 0 Å². The highest BCUT2D eigenvalue weighted by atomic mass is 32.2. The Morgan fingerprint density at radius 1 is 1.14 bits per heavy atom. The van der Waals surface area contributed by atoms with Crippen molar-refractivity contribution in [3.63, 3.8) is 0 Å². The van der Waals surface area contributed by atoms with Gasteiger partial charge in [-0.05, 0) is 80.7 Å². The van der Waals surface area contributed by atoms with E-state index in [9.17, 15) is 13.2 Å². The Bertz CT molecular complexity index is 948. The molecule has 0 saturated carbocycles. The molecular weight excluding hydrogens is 404 g/mol. The van der Waals surface area contributed by atoms with Crippen molar-refractivity contribution < 1.29 is 13.2 Å². The minimum Gasteiger partial charge on any atom is -0.355 e. The highest BCUT2D eigenvalue weighted by Crippen LogP contribution is 2.31. The van der Waals surface area contributed by atoms with Crippen LogP contribution in [0.3, 0.4) is 0 Å². The van der Waals surface area contributed by atoms with E-state index in [-0.39, 0.29) is 11.8 Å². The maximum atomic E-state index is 13.3. The van der Waals surface area contributed by atoms with Crippen LogP contribution in [-0.4, -0.2) is 38.3 Å². The Labute approximate surface area is 178 Å². The molecular formula is C22H30N2O3S2. The fourth-order valence-corrected chi connectivity index (χ4v) is 6.72. The summed E-state index contributed by atoms with van der Waals surface area (Å²) >= 11 is 1.69. The zero-order valence-corrected chi connectivity index (χ0v) is 19.3. The number of carbonyl (C=O) groups excluding carboxylic acids is 1. The number of nitrogens with zero attached hydrogens (tertiary/aromatic N) is 1. The van der Waals surface area contributed by atoms with E-state index in [1.165, 1.54) is 4.88 Å². The van der Waals surface area contributed by atoms with Crippen LogP contribution in [0, 0.1) is 33.6 Å². The van der Waals surface area contributed by atoms with Crippen molar-refractivity contribution in [1.29, 1.82) is 0 Å². The molecule has 0 aliphatic carbocycles. The summed E-state index contributed by atoms with van der Waals surface area (Å²) in [5, 5.41) is 5.04. The molecule has 7 heteroatoms. The van der Waals surface area contributed by atoms with Crippen LogP contribution < -0.4 is 5.32 Å². The first kappa shape index (κ1) is 22.0. The third kappa shape index (κ3) is 4.73. The number of hydrogen-bond donors (Lipinski definition) is 1. The van der Waals surface area contributed by atoms with Gasteiger partial charge in [0.05, 0.1) is 4.90 Å². The molecule has 1 aromatic heterocycles. The van der Waals surface area contributed by atoms with Gasteiger partial charge < -0.3 is 5.32 Å². The molecule has 1 amide bonds. The summed E-state index contributed by atoms with van der Waals surface area (Å²) in [5.41, 5.74) is 3.63. The van der Waals surface area contributed by atoms with E-state index in [1.807, 2.05) is 45.2 Å². The lowest BCUT2D eigenvalue weighted by molar-refractivity contribution is -0.126. The number of benzene rings is 1. The van der Waals surface area contributed by atoms with E-state index in [0.717, 1.165) is 28.7 Å². The van der Waals surface area contributed by atoms with Gasteiger partial charge in [0, 0.05) is 30.4 Å². The number of hydrogen-bond acceptors (Lipinski definition) is 4. The van der Waals surface area contributed by atoms with Crippen LogP contribution in [-0.2, 0) is 21.2 Å². The largest absolute Gasteiger partial charge is 0.355 e. The summed E-state index contributed by atoms with van der Waals surface area (Å²) in [6.45, 7) is 9.05. The molecule has 1 saturated heterocycles. The van der Waals surface area contributed by atoms with Gasteiger partial charge in [-0.3, -0.25) is 4.79 Å². The fourth-order valence-electron chi connectivity index (χ4n) is 3.96. The van der Waals surface area contributed by atoms with E-state index >= 15 is 0 Å². The Hall–Kier alpha value is -1.70. The minimum absolute atomic E-state index is 0.0392. The van der Waals surface area contributed by atoms with Gasteiger partial charge in [0.1, 0.15) is 0 Å². The molecule has 1 aliphatic rings. The summed E-state index contributed by atoms with van der Waals surface area (Å²) in [4.78, 5) is 14.2. The van der Waals surface area contributed by atoms with Crippen molar-refractivity contribution in [2.45, 2.75) is 51.9 Å². The molecule has 0 unspecified atom stereocenters. The zero-order chi connectivity index (χ0) is 21.2. The predicted octanol–water partition coefficient (Wildman–Crippen LogP) is 3.74. The Balaban J connectivity index is 1.62. The van der Waals surface area contributed by atoms with E-state index in [2.05, 4.69) is 11.4 Å². The first-order valence-electron chi connectivity index (χ1n) is 10.1. The number of amides is 1. The van der Waals surface area contributed by atoms with E-state index in [4.69, 9.17) is 0 Å². The first-order valence-corrected chi connectivity index (χ1v) is 12.4. The van der Waals surface area contributed by atoms with Crippen molar-refractivity contribution in [1.82, 2.24) is 9.62 Å². The molecule has 1 fully saturated rings. The van der Waals surface area contributed by atoms with Gasteiger partial charge in [-0.25, -0.2) is 8.42 Å². The maximum absolute atomic E-state index is 13.3. The Morgan fingerprint density at radius 2 is 1.76 bits per heavy atom. The smallest absolute Gasteiger partial charge is 0.243 e. The zero-order valence-electron chi connectivity index (χ0n) is 17.6. The number of piperidine rings is 1. The number of aryl methyl sites for hydroxylation is 2. The van der Waals surface area contributed by atoms with Gasteiger partial charge in [0.25, 0.3) is 0 Å². The second kappa shape index (κ2) is 8.98. The fraction of sp³-hybridized carbons (Fsp3) is 0.500. The molecule has 158 valence electrons. The van der Waals surface area contributed by atoms with Crippen LogP contribution in [0.25, 0.3) is 0 Å². The number of carbonyl (C=O) groups is 1. The van der Waals surface area contributed by atoms with Crippen molar-refractivity contribution >= 4 is 27.3 Å². The van der Waals surface area contributed by atoms with Crippen LogP contribution >= 0.6 is 11.3 Å². The van der Waals surface area contributed by atoms with E-state index in [0.29, 0.717) is 37.4 Å². The third-order valence-corrected chi connectivity index (χ3v) is 9.08. The average molecular weight is 435 g/mol. The van der Waals surface area contributed by atoms with Gasteiger partial charge >= 0.3 is 0 Å². The second-order valence-corrected chi connectivity index (χ2v) is 10.8. The number of thiophene rings is 1. The Morgan fingerprint density at radius 3 is 2.31 bits per heavy atom. The standard InChI is InChI=1S/C22H30N2O3S2/c1-15-14-16(2)18(4)21(17(15)3)29(26,27)24-11-8-19(9-12-24)22(25)23-10-7-20-6-5-13-28-20/h5-6,13-14,19H,7-12H2,1-4H3,(H,23,25). The molecule has 1 aliphatic heterocycles. The van der Waals surface area contributed by atoms with Gasteiger partial charge in [0.2, 0.25) is 15.9 Å². The van der Waals surface area contributed by atoms with Crippen molar-refractivity contribution in [3.05, 3.63) is 50.7 Å². The first-order chi connectivity index (χ1) is 13.7. The van der Waals surface area contributed by atoms with Gasteiger partial charge in [-0.2, -0.15) is 4.31 Å². The molecule has 0 atom stereocenters. The SMILES string of the molecule is Cc1cc(C)c(C)c(S(=O)(=O)N2CCC(C(=O)NCCc3cccs3)CC2)c1C. The topological polar surface area (TPSA) is 66.5 Å². The summed E-state index contributed by atoms with van der Waals surface area (Å²) in [5.74, 6) is -0.0800. The van der Waals surface area contributed by atoms with Gasteiger partial charge in [-0.1, -0.05) is 12.1 Å². The molecule has 2 heterocycles. The normalized spacial score (nSPS) is 16.1. The molecule has 0 radical (unpaired) electrons. The molecule has 0 spiro atoms. The molecule has 1 N–H and O–H groups in total. The highest BCUT2D eigenvalue weighted by Gasteiger charge is 2.34. The number of nitrogens with one attached hydrogen (secondary N) is 1. The van der Waals surface area contributed by atoms with Crippen LogP contribution in [0.1, 0.15) is 40.0 Å². The highest BCUT2D eigenvalue weighted by molar-refractivity contribution is 7.89. The van der Waals surface area contributed by atoms with E-state index in [1.54, 1.807) is 15.6 Å². The third-order valence-electron chi connectivity index (χ3n) is 5.97. The Kier molecular flexibility index (Phi) is 6.81. The molecule has 3 rings (SSSR count). The van der Waals surface area contributed by atoms with Crippen molar-refractivity contribution in [2.75, 3.05) is 19.6 Å². The lowest BCUT2D eigenvalue weighted by atomic mass is 9.97. The lowest BCUT2D eigenvalue weighted by Crippen LogP contribution is -2.43. The molecule has 29 heavy (non-hydrogen) atoms. The summed E-state index contributed by atoms with van der Waals surface area (Å²) in [6.07, 6.45) is 1.96. The minimum atomic E-state index is -3.56. The molecule has 5 nitrogen and oxygen atoms in total. The number of rotatable bonds is 6. The van der Waals surface area contributed by atoms with Crippen molar-refractivity contribution in [2.24, 2.45) is 5.92 Å². The van der Waals surface area contributed by atoms with Crippen LogP contribution in [0.15, 0.2) is 28.5 Å². The van der Waals surface area contributed by atoms with Gasteiger partial charge in [0.15, 0.2) is 0 Å². The monoisotopic (exact) mass is 434 g/mol. The quantitative estimate of drug-likeness (QED) is 0.753. The average Bonchev–Trinajstić information content (AvgIpc) is 3.20. The lowest BCUT2D eigenvalue weighted by Gasteiger charge is -2.31. The summed E-state index contributed by atoms with van der Waals surface area (Å²) in [7, 11) is -3.56. The van der Waals surface area contributed by atoms with Crippen LogP contribution in [0.5, 0.6) is 0 Å². The number of sulfonamides is 1. The summed E-state index contributed by atoms with van der Waals surface area (Å²) < 4.78 is 28.2. The molecule has 1 aromatic carbocycles. The second-order valence-electron chi connectivity index (χ2n) is 7.89. The van der Waals surface area contributed by atoms with Crippen LogP contribution in [0.2, 0.25) is 0 Å². The van der Waals surface area contributed by atoms with Gasteiger partial charge in [-0.15, -0.1) is 11.3 Å². The molecule has 0 bridgehead atoms. The molecule has 2 aromatic rings. The summed E-state index contributed by atoms with van der Waals surface area (Å²) in [6, 6.07) is 6.12. The van der Waals surface area contributed by atoms with Crippen LogP contribution in [0.4, 0.5) is 0 Å². The predicted molar refractivity (Wildman–Crippen MR) is 118 cm³/mol.